The molecule has 6 nitrogen and oxygen atoms in total. The van der Waals surface area contributed by atoms with Gasteiger partial charge in [0.1, 0.15) is 11.6 Å². The van der Waals surface area contributed by atoms with Crippen LogP contribution in [-0.4, -0.2) is 13.3 Å². The molecule has 0 amide bonds. The Labute approximate surface area is 118 Å². The highest BCUT2D eigenvalue weighted by Crippen LogP contribution is 2.25. The van der Waals surface area contributed by atoms with Gasteiger partial charge in [0, 0.05) is 12.1 Å². The SMILES string of the molecule is O=[N+]([O-])c1ccccc1S(=O)(=O)Nc1cc(F)cc(F)c1. The molecule has 0 aliphatic carbocycles. The van der Waals surface area contributed by atoms with Crippen LogP contribution in [0.1, 0.15) is 0 Å². The van der Waals surface area contributed by atoms with E-state index in [4.69, 9.17) is 0 Å². The standard InChI is InChI=1S/C12H8F2N2O4S/c13-8-5-9(14)7-10(6-8)15-21(19,20)12-4-2-1-3-11(12)16(17)18/h1-7,15H. The van der Waals surface area contributed by atoms with E-state index in [1.54, 1.807) is 0 Å². The first kappa shape index (κ1) is 14.9. The molecule has 1 N–H and O–H groups in total. The summed E-state index contributed by atoms with van der Waals surface area (Å²) in [5.41, 5.74) is -1.01. The Kier molecular flexibility index (Phi) is 3.85. The van der Waals surface area contributed by atoms with Gasteiger partial charge in [0.15, 0.2) is 4.90 Å². The number of anilines is 1. The van der Waals surface area contributed by atoms with E-state index in [1.165, 1.54) is 12.1 Å². The third kappa shape index (κ3) is 3.31. The van der Waals surface area contributed by atoms with E-state index in [-0.39, 0.29) is 5.69 Å². The van der Waals surface area contributed by atoms with Crippen LogP contribution >= 0.6 is 0 Å². The summed E-state index contributed by atoms with van der Waals surface area (Å²) in [5, 5.41) is 10.8. The van der Waals surface area contributed by atoms with Crippen molar-refractivity contribution >= 4 is 21.4 Å². The summed E-state index contributed by atoms with van der Waals surface area (Å²) in [7, 11) is -4.35. The molecule has 0 spiro atoms. The zero-order chi connectivity index (χ0) is 15.6. The van der Waals surface area contributed by atoms with Crippen molar-refractivity contribution in [3.63, 3.8) is 0 Å². The second kappa shape index (κ2) is 5.44. The first-order chi connectivity index (χ1) is 9.79. The van der Waals surface area contributed by atoms with Gasteiger partial charge in [-0.1, -0.05) is 12.1 Å². The van der Waals surface area contributed by atoms with Crippen LogP contribution in [0.25, 0.3) is 0 Å². The fraction of sp³-hybridized carbons (Fsp3) is 0. The molecule has 0 aliphatic rings. The van der Waals surface area contributed by atoms with Crippen LogP contribution in [0, 0.1) is 21.7 Å². The second-order valence-electron chi connectivity index (χ2n) is 3.99. The summed E-state index contributed by atoms with van der Waals surface area (Å²) in [6.45, 7) is 0. The first-order valence-corrected chi connectivity index (χ1v) is 7.00. The fourth-order valence-electron chi connectivity index (χ4n) is 1.66. The van der Waals surface area contributed by atoms with E-state index in [0.717, 1.165) is 24.3 Å². The Morgan fingerprint density at radius 1 is 1.05 bits per heavy atom. The number of sulfonamides is 1. The molecular weight excluding hydrogens is 306 g/mol. The number of para-hydroxylation sites is 1. The van der Waals surface area contributed by atoms with E-state index in [9.17, 15) is 27.3 Å². The van der Waals surface area contributed by atoms with Crippen LogP contribution in [0.2, 0.25) is 0 Å². The Morgan fingerprint density at radius 2 is 1.62 bits per heavy atom. The molecule has 2 aromatic rings. The molecule has 0 atom stereocenters. The van der Waals surface area contributed by atoms with Gasteiger partial charge < -0.3 is 0 Å². The van der Waals surface area contributed by atoms with Gasteiger partial charge in [-0.2, -0.15) is 0 Å². The van der Waals surface area contributed by atoms with Crippen molar-refractivity contribution in [3.05, 3.63) is 64.2 Å². The minimum atomic E-state index is -4.35. The summed E-state index contributed by atoms with van der Waals surface area (Å²) in [4.78, 5) is 9.36. The average molecular weight is 314 g/mol. The number of hydrogen-bond donors (Lipinski definition) is 1. The molecule has 0 saturated carbocycles. The first-order valence-electron chi connectivity index (χ1n) is 5.52. The van der Waals surface area contributed by atoms with Crippen molar-refractivity contribution in [2.24, 2.45) is 0 Å². The number of nitrogens with zero attached hydrogens (tertiary/aromatic N) is 1. The Morgan fingerprint density at radius 3 is 2.19 bits per heavy atom. The van der Waals surface area contributed by atoms with E-state index < -0.39 is 37.2 Å². The summed E-state index contributed by atoms with van der Waals surface area (Å²) in [6, 6.07) is 6.73. The third-order valence-corrected chi connectivity index (χ3v) is 3.89. The quantitative estimate of drug-likeness (QED) is 0.694. The molecule has 21 heavy (non-hydrogen) atoms. The molecule has 110 valence electrons. The highest BCUT2D eigenvalue weighted by molar-refractivity contribution is 7.92. The van der Waals surface area contributed by atoms with Crippen molar-refractivity contribution in [2.75, 3.05) is 4.72 Å². The maximum atomic E-state index is 13.0. The minimum absolute atomic E-state index is 0.370. The topological polar surface area (TPSA) is 89.3 Å². The number of nitrogens with one attached hydrogen (secondary N) is 1. The molecule has 0 bridgehead atoms. The predicted octanol–water partition coefficient (Wildman–Crippen LogP) is 2.67. The van der Waals surface area contributed by atoms with Crippen LogP contribution in [0.15, 0.2) is 47.4 Å². The highest BCUT2D eigenvalue weighted by Gasteiger charge is 2.25. The largest absolute Gasteiger partial charge is 0.289 e. The molecule has 2 aromatic carbocycles. The monoisotopic (exact) mass is 314 g/mol. The van der Waals surface area contributed by atoms with Crippen LogP contribution in [0.5, 0.6) is 0 Å². The Hall–Kier alpha value is -2.55. The third-order valence-electron chi connectivity index (χ3n) is 2.47. The molecule has 0 radical (unpaired) electrons. The van der Waals surface area contributed by atoms with Crippen molar-refractivity contribution in [1.29, 1.82) is 0 Å². The lowest BCUT2D eigenvalue weighted by atomic mass is 10.3. The molecule has 0 unspecified atom stereocenters. The van der Waals surface area contributed by atoms with Crippen LogP contribution in [0.3, 0.4) is 0 Å². The van der Waals surface area contributed by atoms with E-state index >= 15 is 0 Å². The molecule has 0 aliphatic heterocycles. The van der Waals surface area contributed by atoms with Gasteiger partial charge in [-0.3, -0.25) is 14.8 Å². The molecule has 0 aromatic heterocycles. The molecule has 2 rings (SSSR count). The summed E-state index contributed by atoms with van der Waals surface area (Å²) >= 11 is 0. The number of nitro groups is 1. The van der Waals surface area contributed by atoms with E-state index in [0.29, 0.717) is 6.07 Å². The van der Waals surface area contributed by atoms with E-state index in [2.05, 4.69) is 0 Å². The van der Waals surface area contributed by atoms with Gasteiger partial charge in [-0.05, 0) is 18.2 Å². The lowest BCUT2D eigenvalue weighted by molar-refractivity contribution is -0.387. The predicted molar refractivity (Wildman–Crippen MR) is 70.3 cm³/mol. The molecule has 0 saturated heterocycles. The van der Waals surface area contributed by atoms with Gasteiger partial charge >= 0.3 is 0 Å². The number of halogens is 2. The van der Waals surface area contributed by atoms with Crippen molar-refractivity contribution in [3.8, 4) is 0 Å². The zero-order valence-electron chi connectivity index (χ0n) is 10.3. The van der Waals surface area contributed by atoms with Crippen LogP contribution in [0.4, 0.5) is 20.2 Å². The zero-order valence-corrected chi connectivity index (χ0v) is 11.1. The van der Waals surface area contributed by atoms with Gasteiger partial charge in [-0.15, -0.1) is 0 Å². The molecule has 0 heterocycles. The number of rotatable bonds is 4. The maximum absolute atomic E-state index is 13.0. The maximum Gasteiger partial charge on any atom is 0.289 e. The van der Waals surface area contributed by atoms with Gasteiger partial charge in [0.2, 0.25) is 0 Å². The average Bonchev–Trinajstić information content (AvgIpc) is 2.36. The lowest BCUT2D eigenvalue weighted by Gasteiger charge is -2.08. The number of nitro benzene ring substituents is 1. The molecule has 9 heteroatoms. The van der Waals surface area contributed by atoms with Crippen LogP contribution in [-0.2, 0) is 10.0 Å². The van der Waals surface area contributed by atoms with Crippen molar-refractivity contribution in [1.82, 2.24) is 0 Å². The molecule has 0 fully saturated rings. The number of hydrogen-bond acceptors (Lipinski definition) is 4. The second-order valence-corrected chi connectivity index (χ2v) is 5.64. The Balaban J connectivity index is 2.46. The van der Waals surface area contributed by atoms with E-state index in [1.807, 2.05) is 4.72 Å². The van der Waals surface area contributed by atoms with Crippen molar-refractivity contribution in [2.45, 2.75) is 4.90 Å². The normalized spacial score (nSPS) is 11.1. The molecular formula is C12H8F2N2O4S. The van der Waals surface area contributed by atoms with Crippen molar-refractivity contribution < 1.29 is 22.1 Å². The van der Waals surface area contributed by atoms with Gasteiger partial charge in [0.25, 0.3) is 15.7 Å². The lowest BCUT2D eigenvalue weighted by Crippen LogP contribution is -2.15. The minimum Gasteiger partial charge on any atom is -0.279 e. The highest BCUT2D eigenvalue weighted by atomic mass is 32.2. The summed E-state index contributed by atoms with van der Waals surface area (Å²) in [5.74, 6) is -1.95. The Bertz CT molecular complexity index is 788. The number of benzene rings is 2. The van der Waals surface area contributed by atoms with Crippen LogP contribution < -0.4 is 4.72 Å². The summed E-state index contributed by atoms with van der Waals surface area (Å²) in [6.07, 6.45) is 0. The van der Waals surface area contributed by atoms with Gasteiger partial charge in [-0.25, -0.2) is 17.2 Å². The fourth-order valence-corrected chi connectivity index (χ4v) is 2.87. The van der Waals surface area contributed by atoms with Gasteiger partial charge in [0.05, 0.1) is 10.6 Å². The summed E-state index contributed by atoms with van der Waals surface area (Å²) < 4.78 is 52.1. The smallest absolute Gasteiger partial charge is 0.279 e.